The Morgan fingerprint density at radius 3 is 2.66 bits per heavy atom. The molecule has 2 aromatic rings. The number of aryl methyl sites for hydroxylation is 1. The van der Waals surface area contributed by atoms with Gasteiger partial charge in [0, 0.05) is 12.7 Å². The summed E-state index contributed by atoms with van der Waals surface area (Å²) in [5.41, 5.74) is -0.841. The first-order chi connectivity index (χ1) is 16.3. The minimum Gasteiger partial charge on any atom is -0.465 e. The van der Waals surface area contributed by atoms with Gasteiger partial charge >= 0.3 is 6.09 Å². The number of amides is 2. The van der Waals surface area contributed by atoms with Gasteiger partial charge in [-0.3, -0.25) is 19.8 Å². The molecule has 0 bridgehead atoms. The number of anilines is 1. The summed E-state index contributed by atoms with van der Waals surface area (Å²) in [6, 6.07) is 4.06. The Bertz CT molecular complexity index is 1260. The summed E-state index contributed by atoms with van der Waals surface area (Å²) in [5, 5.41) is 14.1. The van der Waals surface area contributed by atoms with Crippen molar-refractivity contribution in [3.63, 3.8) is 0 Å². The number of rotatable bonds is 3. The third-order valence-corrected chi connectivity index (χ3v) is 10.6. The lowest BCUT2D eigenvalue weighted by Gasteiger charge is -2.56. The number of aliphatic imine (C=N–C) groups is 1. The fraction of sp³-hybridized carbons (Fsp3) is 0.409. The second kappa shape index (κ2) is 8.70. The molecule has 0 aliphatic carbocycles. The van der Waals surface area contributed by atoms with E-state index in [-0.39, 0.29) is 23.0 Å². The zero-order chi connectivity index (χ0) is 25.8. The molecule has 188 valence electrons. The molecule has 1 unspecified atom stereocenters. The van der Waals surface area contributed by atoms with Crippen molar-refractivity contribution in [3.05, 3.63) is 52.2 Å². The minimum absolute atomic E-state index is 0.00674. The third-order valence-electron chi connectivity index (χ3n) is 6.51. The van der Waals surface area contributed by atoms with E-state index in [9.17, 15) is 19.2 Å². The van der Waals surface area contributed by atoms with Gasteiger partial charge in [0.15, 0.2) is 0 Å². The largest absolute Gasteiger partial charge is 0.465 e. The molecular formula is C22H26ClFN6O4S. The van der Waals surface area contributed by atoms with Gasteiger partial charge in [0.25, 0.3) is 5.91 Å². The summed E-state index contributed by atoms with van der Waals surface area (Å²) in [5.74, 6) is -1.19. The van der Waals surface area contributed by atoms with Gasteiger partial charge in [-0.05, 0) is 57.9 Å². The standard InChI is InChI=1S/C22H26ClFN6O4S/c1-11-9-12(23)10-25-16(11)18(31)28-15-6-5-13(24)17(27-15)22(4)14-7-8-26-35(14,34)21(2,3)19(30-22)29-20(32)33/h5-6,9-10,14,26,34H,7-8H2,1-4H3,(H,29,30)(H,32,33)(H,27,28,31)/t14-,22-/m0/s1. The molecule has 1 fully saturated rings. The number of amidine groups is 1. The molecule has 0 radical (unpaired) electrons. The molecule has 2 aliphatic heterocycles. The molecule has 1 saturated heterocycles. The molecule has 13 heteroatoms. The third kappa shape index (κ3) is 4.14. The number of pyridine rings is 2. The number of aromatic nitrogens is 2. The van der Waals surface area contributed by atoms with Crippen molar-refractivity contribution < 1.29 is 23.6 Å². The van der Waals surface area contributed by atoms with Crippen molar-refractivity contribution in [2.45, 2.75) is 49.7 Å². The van der Waals surface area contributed by atoms with Crippen LogP contribution in [0.2, 0.25) is 5.02 Å². The molecular weight excluding hydrogens is 499 g/mol. The normalized spacial score (nSPS) is 28.9. The van der Waals surface area contributed by atoms with Crippen LogP contribution in [-0.2, 0) is 5.54 Å². The van der Waals surface area contributed by atoms with Crippen LogP contribution in [0.5, 0.6) is 0 Å². The molecule has 0 spiro atoms. The molecule has 5 N–H and O–H groups in total. The Kier molecular flexibility index (Phi) is 6.29. The second-order valence-electron chi connectivity index (χ2n) is 9.15. The number of carbonyl (C=O) groups is 2. The summed E-state index contributed by atoms with van der Waals surface area (Å²) in [6.45, 7) is 7.15. The number of hydrogen-bond donors (Lipinski definition) is 5. The van der Waals surface area contributed by atoms with Crippen LogP contribution in [0, 0.1) is 12.7 Å². The molecule has 10 nitrogen and oxygen atoms in total. The van der Waals surface area contributed by atoms with Crippen LogP contribution in [0.15, 0.2) is 29.4 Å². The van der Waals surface area contributed by atoms with Crippen molar-refractivity contribution in [3.8, 4) is 0 Å². The highest BCUT2D eigenvalue weighted by Gasteiger charge is 2.62. The highest BCUT2D eigenvalue weighted by Crippen LogP contribution is 2.67. The van der Waals surface area contributed by atoms with Gasteiger partial charge in [-0.25, -0.2) is 19.2 Å². The lowest BCUT2D eigenvalue weighted by atomic mass is 9.89. The Morgan fingerprint density at radius 2 is 2.00 bits per heavy atom. The van der Waals surface area contributed by atoms with Gasteiger partial charge in [-0.2, -0.15) is 0 Å². The fourth-order valence-electron chi connectivity index (χ4n) is 4.66. The van der Waals surface area contributed by atoms with Gasteiger partial charge < -0.3 is 15.0 Å². The number of nitrogens with one attached hydrogen (secondary N) is 3. The molecule has 2 amide bonds. The van der Waals surface area contributed by atoms with Crippen LogP contribution in [-0.4, -0.2) is 54.0 Å². The zero-order valence-electron chi connectivity index (χ0n) is 19.5. The fourth-order valence-corrected chi connectivity index (χ4v) is 8.25. The molecule has 2 aliphatic rings. The number of hydrogen-bond acceptors (Lipinski definition) is 7. The van der Waals surface area contributed by atoms with E-state index in [1.807, 2.05) is 0 Å². The number of nitrogens with zero attached hydrogens (tertiary/aromatic N) is 3. The lowest BCUT2D eigenvalue weighted by Crippen LogP contribution is -2.59. The Hall–Kier alpha value is -2.80. The summed E-state index contributed by atoms with van der Waals surface area (Å²) < 4.78 is 29.1. The van der Waals surface area contributed by atoms with Crippen LogP contribution in [0.25, 0.3) is 0 Å². The first-order valence-corrected chi connectivity index (χ1v) is 12.8. The van der Waals surface area contributed by atoms with Crippen molar-refractivity contribution in [2.24, 2.45) is 4.99 Å². The molecule has 4 heterocycles. The molecule has 2 aromatic heterocycles. The van der Waals surface area contributed by atoms with E-state index in [1.54, 1.807) is 33.8 Å². The average Bonchev–Trinajstić information content (AvgIpc) is 3.18. The predicted octanol–water partition coefficient (Wildman–Crippen LogP) is 4.06. The second-order valence-corrected chi connectivity index (χ2v) is 12.7. The number of fused-ring (bicyclic) bond motifs is 1. The van der Waals surface area contributed by atoms with E-state index >= 15 is 4.39 Å². The Morgan fingerprint density at radius 1 is 1.29 bits per heavy atom. The van der Waals surface area contributed by atoms with Crippen LogP contribution in [0.1, 0.15) is 48.9 Å². The maximum absolute atomic E-state index is 15.2. The number of halogens is 2. The summed E-state index contributed by atoms with van der Waals surface area (Å²) >= 11 is 5.91. The highest BCUT2D eigenvalue weighted by molar-refractivity contribution is 8.29. The van der Waals surface area contributed by atoms with E-state index in [1.165, 1.54) is 12.3 Å². The quantitative estimate of drug-likeness (QED) is 0.406. The predicted molar refractivity (Wildman–Crippen MR) is 133 cm³/mol. The van der Waals surface area contributed by atoms with E-state index in [0.717, 1.165) is 6.07 Å². The van der Waals surface area contributed by atoms with Crippen molar-refractivity contribution in [1.29, 1.82) is 0 Å². The van der Waals surface area contributed by atoms with Gasteiger partial charge in [-0.1, -0.05) is 22.1 Å². The Balaban J connectivity index is 1.79. The molecule has 35 heavy (non-hydrogen) atoms. The first kappa shape index (κ1) is 25.3. The van der Waals surface area contributed by atoms with Crippen LogP contribution in [0.4, 0.5) is 15.0 Å². The summed E-state index contributed by atoms with van der Waals surface area (Å²) in [6.07, 6.45) is 0.473. The van der Waals surface area contributed by atoms with Crippen molar-refractivity contribution in [1.82, 2.24) is 20.0 Å². The van der Waals surface area contributed by atoms with E-state index in [4.69, 9.17) is 11.6 Å². The van der Waals surface area contributed by atoms with Gasteiger partial charge in [0.2, 0.25) is 0 Å². The van der Waals surface area contributed by atoms with Crippen LogP contribution < -0.4 is 15.4 Å². The molecule has 0 saturated carbocycles. The summed E-state index contributed by atoms with van der Waals surface area (Å²) in [7, 11) is -2.70. The Labute approximate surface area is 208 Å². The number of carboxylic acid groups (broad SMARTS) is 1. The molecule has 0 aromatic carbocycles. The van der Waals surface area contributed by atoms with Gasteiger partial charge in [-0.15, -0.1) is 0 Å². The van der Waals surface area contributed by atoms with Gasteiger partial charge in [0.1, 0.15) is 34.4 Å². The SMILES string of the molecule is Cc1cc(Cl)cnc1C(=O)Nc1ccc(F)c([C@@]2(C)N=C(NC(=O)O)C(C)(C)S3(O)NCC[C@@H]23)n1. The maximum atomic E-state index is 15.2. The van der Waals surface area contributed by atoms with Crippen molar-refractivity contribution in [2.75, 3.05) is 11.9 Å². The minimum atomic E-state index is -2.70. The first-order valence-electron chi connectivity index (χ1n) is 10.8. The lowest BCUT2D eigenvalue weighted by molar-refractivity contribution is 0.102. The van der Waals surface area contributed by atoms with E-state index in [0.29, 0.717) is 23.6 Å². The van der Waals surface area contributed by atoms with E-state index in [2.05, 4.69) is 30.3 Å². The monoisotopic (exact) mass is 524 g/mol. The van der Waals surface area contributed by atoms with E-state index < -0.39 is 43.8 Å². The number of carbonyl (C=O) groups excluding carboxylic acids is 1. The zero-order valence-corrected chi connectivity index (χ0v) is 21.1. The summed E-state index contributed by atoms with van der Waals surface area (Å²) in [4.78, 5) is 37.3. The average molecular weight is 525 g/mol. The smallest absolute Gasteiger partial charge is 0.410 e. The van der Waals surface area contributed by atoms with Crippen LogP contribution in [0.3, 0.4) is 0 Å². The molecule has 4 rings (SSSR count). The highest BCUT2D eigenvalue weighted by atomic mass is 35.5. The van der Waals surface area contributed by atoms with Crippen LogP contribution >= 0.6 is 22.1 Å². The van der Waals surface area contributed by atoms with Crippen molar-refractivity contribution >= 4 is 45.7 Å². The maximum Gasteiger partial charge on any atom is 0.410 e. The van der Waals surface area contributed by atoms with Gasteiger partial charge in [0.05, 0.1) is 15.0 Å². The topological polar surface area (TPSA) is 149 Å². The molecule has 3 atom stereocenters.